The van der Waals surface area contributed by atoms with Crippen molar-refractivity contribution in [2.45, 2.75) is 6.42 Å². The molecule has 5 nitrogen and oxygen atoms in total. The molecular weight excluding hydrogens is 326 g/mol. The van der Waals surface area contributed by atoms with Gasteiger partial charge in [-0.15, -0.1) is 0 Å². The molecule has 0 amide bonds. The maximum atomic E-state index is 11.0. The molecule has 0 aromatic heterocycles. The van der Waals surface area contributed by atoms with Crippen molar-refractivity contribution >= 4 is 17.9 Å². The minimum absolute atomic E-state index is 0.501. The van der Waals surface area contributed by atoms with Gasteiger partial charge in [-0.25, -0.2) is 0 Å². The highest BCUT2D eigenvalue weighted by Crippen LogP contribution is 2.23. The molecule has 26 heavy (non-hydrogen) atoms. The molecule has 1 heterocycles. The van der Waals surface area contributed by atoms with Crippen molar-refractivity contribution in [2.24, 2.45) is 4.99 Å². The molecule has 0 bridgehead atoms. The van der Waals surface area contributed by atoms with E-state index in [0.29, 0.717) is 11.5 Å². The van der Waals surface area contributed by atoms with E-state index in [1.54, 1.807) is 19.2 Å². The van der Waals surface area contributed by atoms with Crippen molar-refractivity contribution in [3.05, 3.63) is 59.7 Å². The Kier molecular flexibility index (Phi) is 6.02. The molecule has 136 valence electrons. The van der Waals surface area contributed by atoms with E-state index in [4.69, 9.17) is 4.74 Å². The molecule has 2 aromatic carbocycles. The molecule has 0 radical (unpaired) electrons. The number of nitrogens with zero attached hydrogens (tertiary/aromatic N) is 3. The summed E-state index contributed by atoms with van der Waals surface area (Å²) >= 11 is 0. The van der Waals surface area contributed by atoms with Gasteiger partial charge in [-0.2, -0.15) is 0 Å². The summed E-state index contributed by atoms with van der Waals surface area (Å²) in [6.45, 7) is 4.25. The van der Waals surface area contributed by atoms with Crippen LogP contribution in [0.5, 0.6) is 5.75 Å². The third-order valence-corrected chi connectivity index (χ3v) is 4.59. The molecular formula is C21H25N3O2. The van der Waals surface area contributed by atoms with E-state index in [2.05, 4.69) is 34.0 Å². The SMILES string of the molecule is CN=C(Oc1cccc(N2CCCN(C)CC2)c1)c1cccc(C=O)c1. The van der Waals surface area contributed by atoms with Crippen LogP contribution in [0.25, 0.3) is 0 Å². The van der Waals surface area contributed by atoms with E-state index in [1.165, 1.54) is 0 Å². The largest absolute Gasteiger partial charge is 0.439 e. The smallest absolute Gasteiger partial charge is 0.221 e. The second-order valence-corrected chi connectivity index (χ2v) is 6.52. The fraction of sp³-hybridized carbons (Fsp3) is 0.333. The van der Waals surface area contributed by atoms with Gasteiger partial charge in [0.25, 0.3) is 0 Å². The monoisotopic (exact) mass is 351 g/mol. The molecule has 1 saturated heterocycles. The van der Waals surface area contributed by atoms with Crippen molar-refractivity contribution in [1.29, 1.82) is 0 Å². The van der Waals surface area contributed by atoms with Gasteiger partial charge in [0, 0.05) is 49.6 Å². The summed E-state index contributed by atoms with van der Waals surface area (Å²) < 4.78 is 6.03. The number of hydrogen-bond donors (Lipinski definition) is 0. The van der Waals surface area contributed by atoms with Crippen LogP contribution in [0.1, 0.15) is 22.3 Å². The average Bonchev–Trinajstić information content (AvgIpc) is 2.91. The maximum Gasteiger partial charge on any atom is 0.221 e. The van der Waals surface area contributed by atoms with Crippen molar-refractivity contribution in [1.82, 2.24) is 4.90 Å². The Hall–Kier alpha value is -2.66. The lowest BCUT2D eigenvalue weighted by molar-refractivity contribution is 0.112. The highest BCUT2D eigenvalue weighted by molar-refractivity contribution is 5.97. The molecule has 0 unspecified atom stereocenters. The maximum absolute atomic E-state index is 11.0. The second kappa shape index (κ2) is 8.63. The predicted molar refractivity (Wildman–Crippen MR) is 106 cm³/mol. The lowest BCUT2D eigenvalue weighted by Crippen LogP contribution is -2.28. The zero-order valence-electron chi connectivity index (χ0n) is 15.4. The van der Waals surface area contributed by atoms with Crippen molar-refractivity contribution in [3.8, 4) is 5.75 Å². The Bertz CT molecular complexity index is 788. The van der Waals surface area contributed by atoms with Crippen LogP contribution < -0.4 is 9.64 Å². The Balaban J connectivity index is 1.77. The van der Waals surface area contributed by atoms with Crippen LogP contribution in [0.2, 0.25) is 0 Å². The number of aldehydes is 1. The molecule has 3 rings (SSSR count). The second-order valence-electron chi connectivity index (χ2n) is 6.52. The molecule has 5 heteroatoms. The van der Waals surface area contributed by atoms with Crippen LogP contribution in [0.15, 0.2) is 53.5 Å². The molecule has 1 fully saturated rings. The minimum atomic E-state index is 0.501. The number of carbonyl (C=O) groups is 1. The van der Waals surface area contributed by atoms with E-state index < -0.39 is 0 Å². The quantitative estimate of drug-likeness (QED) is 0.482. The van der Waals surface area contributed by atoms with Gasteiger partial charge >= 0.3 is 0 Å². The van der Waals surface area contributed by atoms with Gasteiger partial charge in [0.15, 0.2) is 0 Å². The third-order valence-electron chi connectivity index (χ3n) is 4.59. The van der Waals surface area contributed by atoms with E-state index in [0.717, 1.165) is 55.9 Å². The topological polar surface area (TPSA) is 45.1 Å². The number of aliphatic imine (C=N–C) groups is 1. The van der Waals surface area contributed by atoms with Crippen LogP contribution in [0.4, 0.5) is 5.69 Å². The summed E-state index contributed by atoms with van der Waals surface area (Å²) in [5, 5.41) is 0. The zero-order valence-corrected chi connectivity index (χ0v) is 15.4. The Morgan fingerprint density at radius 1 is 1.08 bits per heavy atom. The number of hydrogen-bond acceptors (Lipinski definition) is 5. The number of ether oxygens (including phenoxy) is 1. The molecule has 0 N–H and O–H groups in total. The van der Waals surface area contributed by atoms with Crippen LogP contribution in [-0.2, 0) is 0 Å². The lowest BCUT2D eigenvalue weighted by Gasteiger charge is -2.23. The van der Waals surface area contributed by atoms with Crippen LogP contribution >= 0.6 is 0 Å². The van der Waals surface area contributed by atoms with E-state index >= 15 is 0 Å². The van der Waals surface area contributed by atoms with Crippen LogP contribution in [0.3, 0.4) is 0 Å². The number of anilines is 1. The lowest BCUT2D eigenvalue weighted by atomic mass is 10.1. The summed E-state index contributed by atoms with van der Waals surface area (Å²) in [7, 11) is 3.86. The Morgan fingerprint density at radius 3 is 2.73 bits per heavy atom. The normalized spacial score (nSPS) is 16.2. The first kappa shape index (κ1) is 18.1. The first-order chi connectivity index (χ1) is 12.7. The van der Waals surface area contributed by atoms with Crippen LogP contribution in [0, 0.1) is 0 Å². The van der Waals surface area contributed by atoms with Crippen molar-refractivity contribution in [2.75, 3.05) is 45.2 Å². The standard InChI is InChI=1S/C21H25N3O2/c1-22-21(18-7-3-6-17(14-18)16-25)26-20-9-4-8-19(15-20)24-11-5-10-23(2)12-13-24/h3-4,6-9,14-16H,5,10-13H2,1-2H3. The number of likely N-dealkylation sites (N-methyl/N-ethyl adjacent to an activating group) is 1. The predicted octanol–water partition coefficient (Wildman–Crippen LogP) is 3.10. The minimum Gasteiger partial charge on any atom is -0.439 e. The first-order valence-electron chi connectivity index (χ1n) is 8.93. The molecule has 0 atom stereocenters. The van der Waals surface area contributed by atoms with Crippen LogP contribution in [-0.4, -0.2) is 57.4 Å². The van der Waals surface area contributed by atoms with Gasteiger partial charge in [0.1, 0.15) is 12.0 Å². The Labute approximate surface area is 154 Å². The molecule has 1 aliphatic heterocycles. The number of benzene rings is 2. The fourth-order valence-corrected chi connectivity index (χ4v) is 3.14. The summed E-state index contributed by atoms with van der Waals surface area (Å²) in [5.41, 5.74) is 2.56. The van der Waals surface area contributed by atoms with E-state index in [-0.39, 0.29) is 0 Å². The van der Waals surface area contributed by atoms with E-state index in [9.17, 15) is 4.79 Å². The molecule has 0 aliphatic carbocycles. The molecule has 0 spiro atoms. The summed E-state index contributed by atoms with van der Waals surface area (Å²) in [6.07, 6.45) is 1.98. The number of rotatable bonds is 4. The highest BCUT2D eigenvalue weighted by Gasteiger charge is 2.14. The zero-order chi connectivity index (χ0) is 18.4. The fourth-order valence-electron chi connectivity index (χ4n) is 3.14. The van der Waals surface area contributed by atoms with Gasteiger partial charge in [0.05, 0.1) is 0 Å². The van der Waals surface area contributed by atoms with Crippen molar-refractivity contribution < 1.29 is 9.53 Å². The molecule has 1 aliphatic rings. The van der Waals surface area contributed by atoms with Gasteiger partial charge < -0.3 is 14.5 Å². The molecule has 2 aromatic rings. The van der Waals surface area contributed by atoms with Gasteiger partial charge in [-0.3, -0.25) is 9.79 Å². The van der Waals surface area contributed by atoms with Crippen molar-refractivity contribution in [3.63, 3.8) is 0 Å². The average molecular weight is 351 g/mol. The summed E-state index contributed by atoms with van der Waals surface area (Å²) in [4.78, 5) is 20.0. The highest BCUT2D eigenvalue weighted by atomic mass is 16.5. The third kappa shape index (κ3) is 4.49. The van der Waals surface area contributed by atoms with Gasteiger partial charge in [-0.05, 0) is 44.3 Å². The summed E-state index contributed by atoms with van der Waals surface area (Å²) in [5.74, 6) is 1.25. The van der Waals surface area contributed by atoms with Gasteiger partial charge in [-0.1, -0.05) is 18.2 Å². The molecule has 0 saturated carbocycles. The number of carbonyl (C=O) groups excluding carboxylic acids is 1. The Morgan fingerprint density at radius 2 is 1.92 bits per heavy atom. The van der Waals surface area contributed by atoms with Gasteiger partial charge in [0.2, 0.25) is 5.90 Å². The summed E-state index contributed by atoms with van der Waals surface area (Å²) in [6, 6.07) is 15.4. The van der Waals surface area contributed by atoms with E-state index in [1.807, 2.05) is 24.3 Å². The first-order valence-corrected chi connectivity index (χ1v) is 8.93.